The van der Waals surface area contributed by atoms with Crippen LogP contribution in [0.4, 0.5) is 5.69 Å². The molecule has 0 aliphatic heterocycles. The number of para-hydroxylation sites is 2. The second-order valence-electron chi connectivity index (χ2n) is 6.40. The zero-order valence-electron chi connectivity index (χ0n) is 16.3. The van der Waals surface area contributed by atoms with Crippen molar-refractivity contribution in [3.8, 4) is 17.2 Å². The van der Waals surface area contributed by atoms with Gasteiger partial charge >= 0.3 is 5.97 Å². The van der Waals surface area contributed by atoms with Gasteiger partial charge in [-0.05, 0) is 45.0 Å². The van der Waals surface area contributed by atoms with Crippen LogP contribution in [0, 0.1) is 10.1 Å². The SMILES string of the molecule is CCOC(=O)CNC(=O)C(C)(C)Oc1ccccc1Oc1ccc([N+](=O)[O-])cc1. The number of amides is 1. The molecule has 9 heteroatoms. The van der Waals surface area contributed by atoms with Crippen LogP contribution in [0.5, 0.6) is 17.2 Å². The number of rotatable bonds is 9. The maximum Gasteiger partial charge on any atom is 0.325 e. The molecule has 0 aliphatic rings. The second kappa shape index (κ2) is 9.54. The van der Waals surface area contributed by atoms with Crippen LogP contribution in [0.25, 0.3) is 0 Å². The Kier molecular flexibility index (Phi) is 7.13. The molecule has 0 radical (unpaired) electrons. The lowest BCUT2D eigenvalue weighted by atomic mass is 10.1. The van der Waals surface area contributed by atoms with Crippen molar-refractivity contribution in [1.29, 1.82) is 0 Å². The summed E-state index contributed by atoms with van der Waals surface area (Å²) >= 11 is 0. The van der Waals surface area contributed by atoms with E-state index in [1.807, 2.05) is 0 Å². The van der Waals surface area contributed by atoms with Crippen LogP contribution in [0.2, 0.25) is 0 Å². The van der Waals surface area contributed by atoms with E-state index in [-0.39, 0.29) is 18.8 Å². The molecule has 29 heavy (non-hydrogen) atoms. The highest BCUT2D eigenvalue weighted by Gasteiger charge is 2.31. The van der Waals surface area contributed by atoms with Crippen molar-refractivity contribution in [2.45, 2.75) is 26.4 Å². The van der Waals surface area contributed by atoms with Gasteiger partial charge in [-0.25, -0.2) is 0 Å². The molecule has 0 bridgehead atoms. The second-order valence-corrected chi connectivity index (χ2v) is 6.40. The smallest absolute Gasteiger partial charge is 0.325 e. The molecular weight excluding hydrogens is 380 g/mol. The van der Waals surface area contributed by atoms with Gasteiger partial charge in [-0.2, -0.15) is 0 Å². The maximum absolute atomic E-state index is 12.4. The van der Waals surface area contributed by atoms with Gasteiger partial charge in [0.15, 0.2) is 17.1 Å². The van der Waals surface area contributed by atoms with Gasteiger partial charge in [-0.1, -0.05) is 12.1 Å². The minimum atomic E-state index is -1.30. The van der Waals surface area contributed by atoms with Crippen LogP contribution in [0.3, 0.4) is 0 Å². The molecule has 2 aromatic carbocycles. The van der Waals surface area contributed by atoms with Crippen LogP contribution in [-0.2, 0) is 14.3 Å². The molecule has 0 fully saturated rings. The number of hydrogen-bond donors (Lipinski definition) is 1. The molecule has 2 rings (SSSR count). The van der Waals surface area contributed by atoms with Crippen molar-refractivity contribution >= 4 is 17.6 Å². The van der Waals surface area contributed by atoms with Gasteiger partial charge in [0.05, 0.1) is 11.5 Å². The first-order valence-corrected chi connectivity index (χ1v) is 8.87. The average molecular weight is 402 g/mol. The van der Waals surface area contributed by atoms with Gasteiger partial charge in [0.1, 0.15) is 12.3 Å². The molecule has 0 saturated heterocycles. The van der Waals surface area contributed by atoms with Crippen LogP contribution < -0.4 is 14.8 Å². The van der Waals surface area contributed by atoms with Gasteiger partial charge in [-0.15, -0.1) is 0 Å². The first kappa shape index (κ1) is 21.7. The van der Waals surface area contributed by atoms with E-state index in [4.69, 9.17) is 14.2 Å². The first-order valence-electron chi connectivity index (χ1n) is 8.87. The van der Waals surface area contributed by atoms with Crippen molar-refractivity contribution in [3.05, 3.63) is 58.6 Å². The van der Waals surface area contributed by atoms with E-state index in [1.54, 1.807) is 45.0 Å². The molecule has 0 unspecified atom stereocenters. The Bertz CT molecular complexity index is 879. The third-order valence-electron chi connectivity index (χ3n) is 3.74. The Labute approximate surface area is 167 Å². The van der Waals surface area contributed by atoms with E-state index in [9.17, 15) is 19.7 Å². The number of carbonyl (C=O) groups excluding carboxylic acids is 2. The van der Waals surface area contributed by atoms with E-state index in [1.165, 1.54) is 24.3 Å². The van der Waals surface area contributed by atoms with Crippen LogP contribution in [-0.4, -0.2) is 35.6 Å². The fourth-order valence-electron chi connectivity index (χ4n) is 2.28. The lowest BCUT2D eigenvalue weighted by Crippen LogP contribution is -2.48. The summed E-state index contributed by atoms with van der Waals surface area (Å²) in [6, 6.07) is 12.3. The van der Waals surface area contributed by atoms with Gasteiger partial charge < -0.3 is 19.5 Å². The summed E-state index contributed by atoms with van der Waals surface area (Å²) < 4.78 is 16.3. The number of nitro groups is 1. The number of nitrogens with one attached hydrogen (secondary N) is 1. The first-order chi connectivity index (χ1) is 13.7. The van der Waals surface area contributed by atoms with Gasteiger partial charge in [0.2, 0.25) is 0 Å². The van der Waals surface area contributed by atoms with Gasteiger partial charge in [0, 0.05) is 12.1 Å². The largest absolute Gasteiger partial charge is 0.474 e. The summed E-state index contributed by atoms with van der Waals surface area (Å²) in [5, 5.41) is 13.2. The highest BCUT2D eigenvalue weighted by Crippen LogP contribution is 2.34. The number of hydrogen-bond acceptors (Lipinski definition) is 7. The van der Waals surface area contributed by atoms with E-state index in [2.05, 4.69) is 5.32 Å². The number of non-ortho nitro benzene ring substituents is 1. The highest BCUT2D eigenvalue weighted by atomic mass is 16.6. The lowest BCUT2D eigenvalue weighted by molar-refractivity contribution is -0.384. The van der Waals surface area contributed by atoms with Crippen molar-refractivity contribution < 1.29 is 28.7 Å². The molecule has 2 aromatic rings. The Hall–Kier alpha value is -3.62. The van der Waals surface area contributed by atoms with Crippen molar-refractivity contribution in [2.24, 2.45) is 0 Å². The third-order valence-corrected chi connectivity index (χ3v) is 3.74. The summed E-state index contributed by atoms with van der Waals surface area (Å²) in [7, 11) is 0. The number of nitrogens with zero attached hydrogens (tertiary/aromatic N) is 1. The molecule has 0 atom stereocenters. The lowest BCUT2D eigenvalue weighted by Gasteiger charge is -2.26. The zero-order valence-corrected chi connectivity index (χ0v) is 16.3. The van der Waals surface area contributed by atoms with Crippen molar-refractivity contribution in [1.82, 2.24) is 5.32 Å². The molecule has 0 aliphatic carbocycles. The number of carbonyl (C=O) groups is 2. The van der Waals surface area contributed by atoms with E-state index in [0.717, 1.165) is 0 Å². The standard InChI is InChI=1S/C20H22N2O7/c1-4-27-18(23)13-21-19(24)20(2,3)29-17-8-6-5-7-16(17)28-15-11-9-14(10-12-15)22(25)26/h5-12H,4,13H2,1-3H3,(H,21,24). The van der Waals surface area contributed by atoms with E-state index in [0.29, 0.717) is 17.2 Å². The molecule has 0 aromatic heterocycles. The summed E-state index contributed by atoms with van der Waals surface area (Å²) in [5.74, 6) is -0.0553. The van der Waals surface area contributed by atoms with Crippen LogP contribution in [0.15, 0.2) is 48.5 Å². The molecule has 0 saturated carbocycles. The predicted molar refractivity (Wildman–Crippen MR) is 104 cm³/mol. The predicted octanol–water partition coefficient (Wildman–Crippen LogP) is 3.22. The van der Waals surface area contributed by atoms with Gasteiger partial charge in [0.25, 0.3) is 11.6 Å². The number of esters is 1. The Morgan fingerprint density at radius 1 is 1.07 bits per heavy atom. The minimum absolute atomic E-state index is 0.0544. The number of nitro benzene ring substituents is 1. The van der Waals surface area contributed by atoms with Crippen LogP contribution in [0.1, 0.15) is 20.8 Å². The maximum atomic E-state index is 12.4. The van der Waals surface area contributed by atoms with E-state index >= 15 is 0 Å². The molecule has 154 valence electrons. The molecule has 0 heterocycles. The Balaban J connectivity index is 2.09. The number of benzene rings is 2. The normalized spacial score (nSPS) is 10.7. The third kappa shape index (κ3) is 6.20. The highest BCUT2D eigenvalue weighted by molar-refractivity contribution is 5.88. The fourth-order valence-corrected chi connectivity index (χ4v) is 2.28. The fraction of sp³-hybridized carbons (Fsp3) is 0.300. The summed E-state index contributed by atoms with van der Waals surface area (Å²) in [6.07, 6.45) is 0. The zero-order chi connectivity index (χ0) is 21.4. The molecule has 1 amide bonds. The Morgan fingerprint density at radius 3 is 2.28 bits per heavy atom. The van der Waals surface area contributed by atoms with E-state index < -0.39 is 22.4 Å². The monoisotopic (exact) mass is 402 g/mol. The average Bonchev–Trinajstić information content (AvgIpc) is 2.68. The van der Waals surface area contributed by atoms with Crippen molar-refractivity contribution in [3.63, 3.8) is 0 Å². The topological polar surface area (TPSA) is 117 Å². The molecular formula is C20H22N2O7. The summed E-state index contributed by atoms with van der Waals surface area (Å²) in [6.45, 7) is 4.74. The molecule has 0 spiro atoms. The Morgan fingerprint density at radius 2 is 1.69 bits per heavy atom. The van der Waals surface area contributed by atoms with Crippen molar-refractivity contribution in [2.75, 3.05) is 13.2 Å². The minimum Gasteiger partial charge on any atom is -0.474 e. The summed E-state index contributed by atoms with van der Waals surface area (Å²) in [5.41, 5.74) is -1.36. The molecule has 9 nitrogen and oxygen atoms in total. The summed E-state index contributed by atoms with van der Waals surface area (Å²) in [4.78, 5) is 34.1. The molecule has 1 N–H and O–H groups in total. The quantitative estimate of drug-likeness (QED) is 0.389. The van der Waals surface area contributed by atoms with Gasteiger partial charge in [-0.3, -0.25) is 19.7 Å². The van der Waals surface area contributed by atoms with Crippen LogP contribution >= 0.6 is 0 Å². The number of ether oxygens (including phenoxy) is 3.